The van der Waals surface area contributed by atoms with Crippen molar-refractivity contribution in [3.05, 3.63) is 66.5 Å². The zero-order chi connectivity index (χ0) is 30.3. The van der Waals surface area contributed by atoms with Crippen LogP contribution in [0, 0.1) is 5.92 Å². The average molecular weight is 586 g/mol. The van der Waals surface area contributed by atoms with Crippen LogP contribution in [0.1, 0.15) is 51.3 Å². The number of benzene rings is 1. The number of amides is 1. The molecule has 0 aliphatic heterocycles. The number of hydrogen-bond donors (Lipinski definition) is 1. The van der Waals surface area contributed by atoms with E-state index < -0.39 is 17.8 Å². The summed E-state index contributed by atoms with van der Waals surface area (Å²) in [5.74, 6) is 1.07. The first-order valence-corrected chi connectivity index (χ1v) is 14.3. The molecular weight excluding hydrogens is 550 g/mol. The van der Waals surface area contributed by atoms with Crippen LogP contribution in [0.5, 0.6) is 5.75 Å². The number of hydrogen-bond acceptors (Lipinski definition) is 7. The smallest absolute Gasteiger partial charge is 0.416 e. The molecule has 5 aromatic rings. The number of fused-ring (bicyclic) bond motifs is 2. The Morgan fingerprint density at radius 3 is 2.63 bits per heavy atom. The molecular formula is C31H35N7O5. The molecule has 12 heteroatoms. The Balaban J connectivity index is 1.28. The molecule has 1 fully saturated rings. The number of methoxy groups -OCH3 is 1. The third-order valence-corrected chi connectivity index (χ3v) is 7.73. The summed E-state index contributed by atoms with van der Waals surface area (Å²) in [7, 11) is 1.61. The second-order valence-corrected chi connectivity index (χ2v) is 12.1. The van der Waals surface area contributed by atoms with E-state index in [-0.39, 0.29) is 6.54 Å². The lowest BCUT2D eigenvalue weighted by atomic mass is 9.85. The van der Waals surface area contributed by atoms with Gasteiger partial charge in [-0.1, -0.05) is 23.8 Å². The fourth-order valence-electron chi connectivity index (χ4n) is 5.47. The van der Waals surface area contributed by atoms with E-state index in [0.717, 1.165) is 41.3 Å². The minimum absolute atomic E-state index is 0.137. The lowest BCUT2D eigenvalue weighted by Crippen LogP contribution is -2.41. The Kier molecular flexibility index (Phi) is 7.28. The summed E-state index contributed by atoms with van der Waals surface area (Å²) >= 11 is 0. The zero-order valence-corrected chi connectivity index (χ0v) is 24.7. The maximum absolute atomic E-state index is 13.1. The molecule has 0 bridgehead atoms. The molecule has 1 aliphatic carbocycles. The van der Waals surface area contributed by atoms with Crippen molar-refractivity contribution in [2.24, 2.45) is 5.92 Å². The van der Waals surface area contributed by atoms with Gasteiger partial charge in [-0.2, -0.15) is 0 Å². The molecule has 1 saturated carbocycles. The van der Waals surface area contributed by atoms with E-state index in [9.17, 15) is 14.7 Å². The summed E-state index contributed by atoms with van der Waals surface area (Å²) in [6.07, 6.45) is 8.85. The second-order valence-electron chi connectivity index (χ2n) is 12.1. The summed E-state index contributed by atoms with van der Waals surface area (Å²) in [6, 6.07) is 9.41. The van der Waals surface area contributed by atoms with Crippen molar-refractivity contribution in [3.8, 4) is 17.0 Å². The quantitative estimate of drug-likeness (QED) is 0.247. The normalized spacial score (nSPS) is 13.8. The van der Waals surface area contributed by atoms with Gasteiger partial charge in [-0.25, -0.2) is 23.8 Å². The van der Waals surface area contributed by atoms with Gasteiger partial charge in [0.05, 0.1) is 56.2 Å². The first-order chi connectivity index (χ1) is 20.6. The molecule has 1 aromatic carbocycles. The Labute approximate surface area is 248 Å². The minimum Gasteiger partial charge on any atom is -0.495 e. The Morgan fingerprint density at radius 2 is 1.93 bits per heavy atom. The predicted octanol–water partition coefficient (Wildman–Crippen LogP) is 5.67. The molecule has 1 aliphatic rings. The maximum Gasteiger partial charge on any atom is 0.416 e. The Hall–Kier alpha value is -4.87. The largest absolute Gasteiger partial charge is 0.495 e. The molecule has 1 amide bonds. The highest BCUT2D eigenvalue weighted by atomic mass is 16.6. The van der Waals surface area contributed by atoms with E-state index in [1.54, 1.807) is 29.2 Å². The van der Waals surface area contributed by atoms with Gasteiger partial charge in [0.1, 0.15) is 17.0 Å². The highest BCUT2D eigenvalue weighted by molar-refractivity contribution is 5.91. The molecule has 4 aromatic heterocycles. The van der Waals surface area contributed by atoms with Gasteiger partial charge in [-0.3, -0.25) is 0 Å². The van der Waals surface area contributed by atoms with Crippen molar-refractivity contribution in [2.45, 2.75) is 58.7 Å². The lowest BCUT2D eigenvalue weighted by molar-refractivity contribution is 0.0168. The molecule has 6 rings (SSSR count). The summed E-state index contributed by atoms with van der Waals surface area (Å²) in [4.78, 5) is 31.5. The molecule has 0 saturated heterocycles. The van der Waals surface area contributed by atoms with E-state index in [2.05, 4.69) is 15.3 Å². The first kappa shape index (κ1) is 28.3. The van der Waals surface area contributed by atoms with Gasteiger partial charge in [-0.05, 0) is 63.3 Å². The summed E-state index contributed by atoms with van der Waals surface area (Å²) in [5.41, 5.74) is 3.63. The van der Waals surface area contributed by atoms with Crippen molar-refractivity contribution < 1.29 is 24.2 Å². The van der Waals surface area contributed by atoms with Crippen LogP contribution in [-0.4, -0.2) is 70.4 Å². The lowest BCUT2D eigenvalue weighted by Gasteiger charge is -2.33. The Bertz CT molecular complexity index is 1810. The number of carbonyl (C=O) groups excluding carboxylic acids is 1. The molecule has 43 heavy (non-hydrogen) atoms. The van der Waals surface area contributed by atoms with Crippen LogP contribution < -0.4 is 4.74 Å². The topological polar surface area (TPSA) is 129 Å². The standard InChI is InChI=1S/C31H35N7O5/c1-31(2,3)43-30(41)35(14-20-6-5-7-20)16-23-11-22-9-8-21(10-27(22)38(23)29(39)40)15-37-18-26(33-34-37)25-12-24(42-4)17-36-19-32-13-28(25)36/h8-13,17-20H,5-7,14-16H2,1-4H3,(H,39,40). The van der Waals surface area contributed by atoms with Crippen molar-refractivity contribution in [1.29, 1.82) is 0 Å². The van der Waals surface area contributed by atoms with Gasteiger partial charge in [0.25, 0.3) is 0 Å². The summed E-state index contributed by atoms with van der Waals surface area (Å²) in [6.45, 7) is 6.54. The van der Waals surface area contributed by atoms with Crippen molar-refractivity contribution in [3.63, 3.8) is 0 Å². The highest BCUT2D eigenvalue weighted by Crippen LogP contribution is 2.30. The van der Waals surface area contributed by atoms with E-state index in [1.165, 1.54) is 4.57 Å². The van der Waals surface area contributed by atoms with Crippen LogP contribution in [-0.2, 0) is 17.8 Å². The molecule has 12 nitrogen and oxygen atoms in total. The molecule has 0 atom stereocenters. The minimum atomic E-state index is -1.11. The maximum atomic E-state index is 13.1. The van der Waals surface area contributed by atoms with E-state index in [0.29, 0.717) is 41.7 Å². The van der Waals surface area contributed by atoms with Gasteiger partial charge in [0.15, 0.2) is 0 Å². The molecule has 4 heterocycles. The predicted molar refractivity (Wildman–Crippen MR) is 159 cm³/mol. The van der Waals surface area contributed by atoms with Gasteiger partial charge in [-0.15, -0.1) is 5.10 Å². The molecule has 1 N–H and O–H groups in total. The van der Waals surface area contributed by atoms with Gasteiger partial charge >= 0.3 is 12.2 Å². The number of carbonyl (C=O) groups is 2. The number of imidazole rings is 1. The summed E-state index contributed by atoms with van der Waals surface area (Å²) < 4.78 is 15.9. The highest BCUT2D eigenvalue weighted by Gasteiger charge is 2.29. The van der Waals surface area contributed by atoms with Gasteiger partial charge < -0.3 is 23.9 Å². The van der Waals surface area contributed by atoms with Crippen molar-refractivity contribution >= 4 is 28.6 Å². The van der Waals surface area contributed by atoms with E-state index in [1.807, 2.05) is 67.9 Å². The van der Waals surface area contributed by atoms with Crippen LogP contribution in [0.4, 0.5) is 9.59 Å². The van der Waals surface area contributed by atoms with E-state index >= 15 is 0 Å². The number of carboxylic acid groups (broad SMARTS) is 1. The molecule has 0 radical (unpaired) electrons. The third-order valence-electron chi connectivity index (χ3n) is 7.73. The van der Waals surface area contributed by atoms with Gasteiger partial charge in [0.2, 0.25) is 0 Å². The first-order valence-electron chi connectivity index (χ1n) is 14.3. The molecule has 224 valence electrons. The number of nitrogens with zero attached hydrogens (tertiary/aromatic N) is 7. The van der Waals surface area contributed by atoms with Crippen LogP contribution in [0.25, 0.3) is 27.7 Å². The fraction of sp³-hybridized carbons (Fsp3) is 0.387. The van der Waals surface area contributed by atoms with Crippen molar-refractivity contribution in [1.82, 2.24) is 33.8 Å². The third kappa shape index (κ3) is 5.90. The average Bonchev–Trinajstić information content (AvgIpc) is 3.66. The monoisotopic (exact) mass is 585 g/mol. The van der Waals surface area contributed by atoms with Crippen LogP contribution in [0.15, 0.2) is 55.2 Å². The number of aromatic nitrogens is 6. The molecule has 0 unspecified atom stereocenters. The SMILES string of the molecule is COc1cc(-c2cn(Cc3ccc4cc(CN(CC5CCC5)C(=O)OC(C)(C)C)n(C(=O)O)c4c3)nn2)c2cncn2c1. The zero-order valence-electron chi connectivity index (χ0n) is 24.7. The van der Waals surface area contributed by atoms with Crippen LogP contribution in [0.2, 0.25) is 0 Å². The van der Waals surface area contributed by atoms with Crippen molar-refractivity contribution in [2.75, 3.05) is 13.7 Å². The Morgan fingerprint density at radius 1 is 1.12 bits per heavy atom. The number of pyridine rings is 1. The van der Waals surface area contributed by atoms with Gasteiger partial charge in [0, 0.05) is 23.2 Å². The summed E-state index contributed by atoms with van der Waals surface area (Å²) in [5, 5.41) is 19.7. The van der Waals surface area contributed by atoms with Crippen LogP contribution >= 0.6 is 0 Å². The number of ether oxygens (including phenoxy) is 2. The fourth-order valence-corrected chi connectivity index (χ4v) is 5.47. The van der Waals surface area contributed by atoms with E-state index in [4.69, 9.17) is 9.47 Å². The number of rotatable bonds is 8. The molecule has 0 spiro atoms. The second kappa shape index (κ2) is 11.1. The van der Waals surface area contributed by atoms with Crippen LogP contribution in [0.3, 0.4) is 0 Å².